The number of amides is 1. The lowest BCUT2D eigenvalue weighted by molar-refractivity contribution is -0.133. The number of hydrogen-bond acceptors (Lipinski definition) is 4. The molecule has 0 spiro atoms. The van der Waals surface area contributed by atoms with Crippen LogP contribution < -0.4 is 0 Å². The lowest BCUT2D eigenvalue weighted by Gasteiger charge is -2.09. The van der Waals surface area contributed by atoms with Crippen molar-refractivity contribution >= 4 is 17.6 Å². The summed E-state index contributed by atoms with van der Waals surface area (Å²) in [6.45, 7) is 1.29. The van der Waals surface area contributed by atoms with Crippen LogP contribution in [0.2, 0.25) is 0 Å². The molecular weight excluding hydrogens is 176 g/mol. The monoisotopic (exact) mass is 186 g/mol. The van der Waals surface area contributed by atoms with Gasteiger partial charge in [-0.25, -0.2) is 9.80 Å². The summed E-state index contributed by atoms with van der Waals surface area (Å²) in [7, 11) is 0. The smallest absolute Gasteiger partial charge is 0.352 e. The van der Waals surface area contributed by atoms with E-state index >= 15 is 0 Å². The van der Waals surface area contributed by atoms with E-state index in [0.717, 1.165) is 5.01 Å². The molecule has 6 nitrogen and oxygen atoms in total. The molecule has 1 rings (SSSR count). The van der Waals surface area contributed by atoms with Crippen LogP contribution in [0.4, 0.5) is 0 Å². The minimum Gasteiger partial charge on any atom is -0.477 e. The van der Waals surface area contributed by atoms with Gasteiger partial charge in [0.1, 0.15) is 0 Å². The van der Waals surface area contributed by atoms with Gasteiger partial charge in [-0.3, -0.25) is 4.79 Å². The Morgan fingerprint density at radius 3 is 2.69 bits per heavy atom. The van der Waals surface area contributed by atoms with E-state index in [-0.39, 0.29) is 24.8 Å². The number of carboxylic acid groups (broad SMARTS) is 1. The SMILES string of the molecule is CC1C(=O)N(CCO)N=C1C(=O)O. The number of carbonyl (C=O) groups excluding carboxylic acids is 1. The quantitative estimate of drug-likeness (QED) is 0.585. The molecule has 0 fully saturated rings. The number of aliphatic hydroxyl groups is 1. The zero-order valence-electron chi connectivity index (χ0n) is 7.10. The molecule has 0 aromatic carbocycles. The first-order chi connectivity index (χ1) is 6.07. The first kappa shape index (κ1) is 9.66. The van der Waals surface area contributed by atoms with Gasteiger partial charge < -0.3 is 10.2 Å². The van der Waals surface area contributed by atoms with Crippen LogP contribution >= 0.6 is 0 Å². The topological polar surface area (TPSA) is 90.2 Å². The van der Waals surface area contributed by atoms with Gasteiger partial charge in [-0.05, 0) is 6.92 Å². The highest BCUT2D eigenvalue weighted by molar-refractivity contribution is 6.41. The number of nitrogens with zero attached hydrogens (tertiary/aromatic N) is 2. The molecule has 0 saturated carbocycles. The summed E-state index contributed by atoms with van der Waals surface area (Å²) >= 11 is 0. The molecule has 0 bridgehead atoms. The third-order valence-corrected chi connectivity index (χ3v) is 1.79. The number of aliphatic carboxylic acids is 1. The third kappa shape index (κ3) is 1.67. The molecule has 1 unspecified atom stereocenters. The first-order valence-corrected chi connectivity index (χ1v) is 3.82. The lowest BCUT2D eigenvalue weighted by Crippen LogP contribution is -2.29. The highest BCUT2D eigenvalue weighted by atomic mass is 16.4. The second-order valence-electron chi connectivity index (χ2n) is 2.70. The molecule has 2 N–H and O–H groups in total. The Labute approximate surface area is 74.5 Å². The predicted molar refractivity (Wildman–Crippen MR) is 43.0 cm³/mol. The fraction of sp³-hybridized carbons (Fsp3) is 0.571. The number of carbonyl (C=O) groups is 2. The number of hydrazone groups is 1. The maximum absolute atomic E-state index is 11.2. The summed E-state index contributed by atoms with van der Waals surface area (Å²) in [5, 5.41) is 21.7. The Hall–Kier alpha value is -1.43. The number of carboxylic acids is 1. The minimum absolute atomic E-state index is 0.0416. The van der Waals surface area contributed by atoms with E-state index in [1.165, 1.54) is 6.92 Å². The Kier molecular flexibility index (Phi) is 2.62. The van der Waals surface area contributed by atoms with Crippen LogP contribution in [0.5, 0.6) is 0 Å². The number of rotatable bonds is 3. The zero-order chi connectivity index (χ0) is 10.0. The number of hydrogen-bond donors (Lipinski definition) is 2. The van der Waals surface area contributed by atoms with E-state index < -0.39 is 11.9 Å². The van der Waals surface area contributed by atoms with Crippen LogP contribution in [-0.2, 0) is 9.59 Å². The standard InChI is InChI=1S/C7H10N2O4/c1-4-5(7(12)13)8-9(2-3-10)6(4)11/h4,10H,2-3H2,1H3,(H,12,13). The van der Waals surface area contributed by atoms with Gasteiger partial charge in [0.15, 0.2) is 5.71 Å². The van der Waals surface area contributed by atoms with E-state index in [2.05, 4.69) is 5.10 Å². The van der Waals surface area contributed by atoms with E-state index in [0.29, 0.717) is 0 Å². The minimum atomic E-state index is -1.19. The normalized spacial score (nSPS) is 22.0. The van der Waals surface area contributed by atoms with E-state index in [1.54, 1.807) is 0 Å². The average molecular weight is 186 g/mol. The van der Waals surface area contributed by atoms with E-state index in [4.69, 9.17) is 10.2 Å². The summed E-state index contributed by atoms with van der Waals surface area (Å²) < 4.78 is 0. The van der Waals surface area contributed by atoms with Crippen LogP contribution in [0.1, 0.15) is 6.92 Å². The molecule has 1 amide bonds. The van der Waals surface area contributed by atoms with Crippen molar-refractivity contribution in [1.82, 2.24) is 5.01 Å². The van der Waals surface area contributed by atoms with Gasteiger partial charge in [0, 0.05) is 0 Å². The molecule has 1 aliphatic heterocycles. The summed E-state index contributed by atoms with van der Waals surface area (Å²) in [5.74, 6) is -2.29. The maximum atomic E-state index is 11.2. The molecule has 6 heteroatoms. The van der Waals surface area contributed by atoms with E-state index in [1.807, 2.05) is 0 Å². The molecule has 1 heterocycles. The van der Waals surface area contributed by atoms with Crippen molar-refractivity contribution in [2.24, 2.45) is 11.0 Å². The van der Waals surface area contributed by atoms with Gasteiger partial charge >= 0.3 is 5.97 Å². The lowest BCUT2D eigenvalue weighted by atomic mass is 10.1. The molecule has 0 radical (unpaired) electrons. The molecule has 0 aliphatic carbocycles. The van der Waals surface area contributed by atoms with Gasteiger partial charge in [-0.1, -0.05) is 0 Å². The second kappa shape index (κ2) is 3.53. The first-order valence-electron chi connectivity index (χ1n) is 3.82. The number of aliphatic hydroxyl groups excluding tert-OH is 1. The molecule has 13 heavy (non-hydrogen) atoms. The van der Waals surface area contributed by atoms with Crippen molar-refractivity contribution in [2.75, 3.05) is 13.2 Å². The van der Waals surface area contributed by atoms with Crippen LogP contribution in [-0.4, -0.2) is 46.0 Å². The van der Waals surface area contributed by atoms with Crippen molar-refractivity contribution < 1.29 is 19.8 Å². The van der Waals surface area contributed by atoms with Crippen molar-refractivity contribution in [3.8, 4) is 0 Å². The third-order valence-electron chi connectivity index (χ3n) is 1.79. The largest absolute Gasteiger partial charge is 0.477 e. The molecule has 72 valence electrons. The Bertz CT molecular complexity index is 274. The highest BCUT2D eigenvalue weighted by Gasteiger charge is 2.35. The maximum Gasteiger partial charge on any atom is 0.352 e. The predicted octanol–water partition coefficient (Wildman–Crippen LogP) is -1.10. The van der Waals surface area contributed by atoms with Crippen LogP contribution in [0.25, 0.3) is 0 Å². The molecular formula is C7H10N2O4. The summed E-state index contributed by atoms with van der Waals surface area (Å²) in [5.41, 5.74) is -0.168. The fourth-order valence-corrected chi connectivity index (χ4v) is 1.09. The van der Waals surface area contributed by atoms with Crippen molar-refractivity contribution in [1.29, 1.82) is 0 Å². The van der Waals surface area contributed by atoms with Crippen LogP contribution in [0.15, 0.2) is 5.10 Å². The molecule has 0 saturated heterocycles. The van der Waals surface area contributed by atoms with Gasteiger partial charge in [0.25, 0.3) is 5.91 Å². The van der Waals surface area contributed by atoms with Gasteiger partial charge in [-0.15, -0.1) is 0 Å². The Morgan fingerprint density at radius 2 is 2.31 bits per heavy atom. The second-order valence-corrected chi connectivity index (χ2v) is 2.70. The summed E-state index contributed by atoms with van der Waals surface area (Å²) in [6.07, 6.45) is 0. The van der Waals surface area contributed by atoms with Crippen LogP contribution in [0.3, 0.4) is 0 Å². The Morgan fingerprint density at radius 1 is 1.69 bits per heavy atom. The molecule has 0 aromatic rings. The van der Waals surface area contributed by atoms with Gasteiger partial charge in [-0.2, -0.15) is 5.10 Å². The zero-order valence-corrected chi connectivity index (χ0v) is 7.10. The molecule has 1 aliphatic rings. The highest BCUT2D eigenvalue weighted by Crippen LogP contribution is 2.14. The van der Waals surface area contributed by atoms with Crippen molar-refractivity contribution in [2.45, 2.75) is 6.92 Å². The summed E-state index contributed by atoms with van der Waals surface area (Å²) in [6, 6.07) is 0. The average Bonchev–Trinajstić information content (AvgIpc) is 2.33. The van der Waals surface area contributed by atoms with E-state index in [9.17, 15) is 9.59 Å². The van der Waals surface area contributed by atoms with Crippen molar-refractivity contribution in [3.05, 3.63) is 0 Å². The van der Waals surface area contributed by atoms with Crippen LogP contribution in [0, 0.1) is 5.92 Å². The summed E-state index contributed by atoms with van der Waals surface area (Å²) in [4.78, 5) is 21.8. The fourth-order valence-electron chi connectivity index (χ4n) is 1.09. The Balaban J connectivity index is 2.82. The van der Waals surface area contributed by atoms with Gasteiger partial charge in [0.2, 0.25) is 0 Å². The van der Waals surface area contributed by atoms with Gasteiger partial charge in [0.05, 0.1) is 19.1 Å². The molecule has 1 atom stereocenters. The number of β-amino-alcohol motifs (C(OH)–C–C–N with tert-alkyl or cyclic N) is 1. The molecule has 0 aromatic heterocycles. The van der Waals surface area contributed by atoms with Crippen molar-refractivity contribution in [3.63, 3.8) is 0 Å².